The van der Waals surface area contributed by atoms with Crippen LogP contribution in [0, 0.1) is 13.8 Å². The van der Waals surface area contributed by atoms with Gasteiger partial charge >= 0.3 is 0 Å². The molecule has 0 aliphatic heterocycles. The highest BCUT2D eigenvalue weighted by Gasteiger charge is 2.24. The second-order valence-electron chi connectivity index (χ2n) is 4.64. The summed E-state index contributed by atoms with van der Waals surface area (Å²) in [7, 11) is 0. The van der Waals surface area contributed by atoms with Crippen molar-refractivity contribution in [1.29, 1.82) is 0 Å². The van der Waals surface area contributed by atoms with E-state index in [2.05, 4.69) is 10.3 Å². The van der Waals surface area contributed by atoms with Gasteiger partial charge in [0, 0.05) is 17.1 Å². The quantitative estimate of drug-likeness (QED) is 0.887. The number of carbonyl (C=O) groups is 1. The SMILES string of the molecule is Cc1nc2scc(C)n2c1C(=O)NC1CCC1. The van der Waals surface area contributed by atoms with Gasteiger partial charge in [-0.25, -0.2) is 4.98 Å². The van der Waals surface area contributed by atoms with Gasteiger partial charge in [0.05, 0.1) is 5.69 Å². The van der Waals surface area contributed by atoms with Crippen molar-refractivity contribution >= 4 is 22.2 Å². The Labute approximate surface area is 104 Å². The van der Waals surface area contributed by atoms with Gasteiger partial charge in [-0.1, -0.05) is 0 Å². The number of hydrogen-bond acceptors (Lipinski definition) is 3. The second kappa shape index (κ2) is 3.84. The van der Waals surface area contributed by atoms with Crippen LogP contribution in [0.3, 0.4) is 0 Å². The lowest BCUT2D eigenvalue weighted by atomic mass is 9.93. The van der Waals surface area contributed by atoms with Gasteiger partial charge in [-0.2, -0.15) is 0 Å². The minimum atomic E-state index is 0.0150. The standard InChI is InChI=1S/C12H15N3OS/c1-7-6-17-12-13-8(2)10(15(7)12)11(16)14-9-4-3-5-9/h6,9H,3-5H2,1-2H3,(H,14,16). The molecule has 0 bridgehead atoms. The summed E-state index contributed by atoms with van der Waals surface area (Å²) in [4.78, 5) is 17.6. The van der Waals surface area contributed by atoms with E-state index < -0.39 is 0 Å². The van der Waals surface area contributed by atoms with Crippen LogP contribution in [0.2, 0.25) is 0 Å². The van der Waals surface area contributed by atoms with Crippen LogP contribution in [0.1, 0.15) is 41.1 Å². The second-order valence-corrected chi connectivity index (χ2v) is 5.48. The molecular formula is C12H15N3OS. The van der Waals surface area contributed by atoms with E-state index in [0.29, 0.717) is 11.7 Å². The summed E-state index contributed by atoms with van der Waals surface area (Å²) in [5.74, 6) is 0.0150. The Hall–Kier alpha value is -1.36. The molecule has 0 unspecified atom stereocenters. The van der Waals surface area contributed by atoms with E-state index >= 15 is 0 Å². The lowest BCUT2D eigenvalue weighted by Crippen LogP contribution is -2.40. The Balaban J connectivity index is 1.99. The van der Waals surface area contributed by atoms with Crippen molar-refractivity contribution in [3.63, 3.8) is 0 Å². The minimum Gasteiger partial charge on any atom is -0.348 e. The Morgan fingerprint density at radius 3 is 2.94 bits per heavy atom. The van der Waals surface area contributed by atoms with E-state index in [9.17, 15) is 4.79 Å². The van der Waals surface area contributed by atoms with Crippen LogP contribution in [0.15, 0.2) is 5.38 Å². The summed E-state index contributed by atoms with van der Waals surface area (Å²) in [5, 5.41) is 5.10. The van der Waals surface area contributed by atoms with Gasteiger partial charge in [0.25, 0.3) is 5.91 Å². The van der Waals surface area contributed by atoms with Crippen LogP contribution >= 0.6 is 11.3 Å². The van der Waals surface area contributed by atoms with E-state index in [1.807, 2.05) is 23.6 Å². The molecule has 2 aromatic heterocycles. The molecule has 1 amide bonds. The fourth-order valence-electron chi connectivity index (χ4n) is 2.17. The zero-order chi connectivity index (χ0) is 12.0. The number of nitrogens with zero attached hydrogens (tertiary/aromatic N) is 2. The summed E-state index contributed by atoms with van der Waals surface area (Å²) >= 11 is 1.58. The van der Waals surface area contributed by atoms with Crippen molar-refractivity contribution in [1.82, 2.24) is 14.7 Å². The number of thiazole rings is 1. The molecule has 0 spiro atoms. The van der Waals surface area contributed by atoms with E-state index in [1.54, 1.807) is 11.3 Å². The normalized spacial score (nSPS) is 16.1. The highest BCUT2D eigenvalue weighted by Crippen LogP contribution is 2.22. The van der Waals surface area contributed by atoms with E-state index in [1.165, 1.54) is 6.42 Å². The molecule has 1 N–H and O–H groups in total. The molecule has 17 heavy (non-hydrogen) atoms. The monoisotopic (exact) mass is 249 g/mol. The molecule has 0 saturated heterocycles. The van der Waals surface area contributed by atoms with Crippen molar-refractivity contribution in [2.24, 2.45) is 0 Å². The molecule has 4 nitrogen and oxygen atoms in total. The molecule has 2 aromatic rings. The number of imidazole rings is 1. The Kier molecular flexibility index (Phi) is 2.43. The first-order valence-corrected chi connectivity index (χ1v) is 6.79. The maximum absolute atomic E-state index is 12.2. The molecule has 0 aromatic carbocycles. The number of carbonyl (C=O) groups excluding carboxylic acids is 1. The van der Waals surface area contributed by atoms with E-state index in [4.69, 9.17) is 0 Å². The lowest BCUT2D eigenvalue weighted by molar-refractivity contribution is 0.0910. The number of nitrogens with one attached hydrogen (secondary N) is 1. The van der Waals surface area contributed by atoms with E-state index in [0.717, 1.165) is 29.2 Å². The van der Waals surface area contributed by atoms with Gasteiger partial charge in [0.15, 0.2) is 4.96 Å². The first-order valence-electron chi connectivity index (χ1n) is 5.91. The molecule has 0 radical (unpaired) electrons. The number of hydrogen-bond donors (Lipinski definition) is 1. The topological polar surface area (TPSA) is 46.4 Å². The van der Waals surface area contributed by atoms with Gasteiger partial charge in [-0.3, -0.25) is 9.20 Å². The molecule has 0 atom stereocenters. The summed E-state index contributed by atoms with van der Waals surface area (Å²) in [6.07, 6.45) is 3.44. The first kappa shape index (κ1) is 10.8. The van der Waals surface area contributed by atoms with Crippen LogP contribution in [0.5, 0.6) is 0 Å². The van der Waals surface area contributed by atoms with Crippen LogP contribution < -0.4 is 5.32 Å². The molecular weight excluding hydrogens is 234 g/mol. The average molecular weight is 249 g/mol. The van der Waals surface area contributed by atoms with E-state index in [-0.39, 0.29) is 5.91 Å². The van der Waals surface area contributed by atoms with Crippen LogP contribution in [-0.2, 0) is 0 Å². The molecule has 5 heteroatoms. The summed E-state index contributed by atoms with van der Waals surface area (Å²) < 4.78 is 1.95. The van der Waals surface area contributed by atoms with Crippen LogP contribution in [0.25, 0.3) is 4.96 Å². The zero-order valence-electron chi connectivity index (χ0n) is 9.99. The maximum Gasteiger partial charge on any atom is 0.270 e. The van der Waals surface area contributed by atoms with Gasteiger partial charge in [0.2, 0.25) is 0 Å². The van der Waals surface area contributed by atoms with Gasteiger partial charge in [-0.05, 0) is 33.1 Å². The number of amides is 1. The average Bonchev–Trinajstić information content (AvgIpc) is 2.72. The molecule has 1 saturated carbocycles. The third-order valence-corrected chi connectivity index (χ3v) is 4.31. The van der Waals surface area contributed by atoms with Crippen molar-refractivity contribution < 1.29 is 4.79 Å². The number of fused-ring (bicyclic) bond motifs is 1. The molecule has 1 aliphatic rings. The minimum absolute atomic E-state index is 0.0150. The van der Waals surface area contributed by atoms with Crippen molar-refractivity contribution in [2.75, 3.05) is 0 Å². The number of aryl methyl sites for hydroxylation is 2. The molecule has 2 heterocycles. The molecule has 1 fully saturated rings. The van der Waals surface area contributed by atoms with Crippen molar-refractivity contribution in [2.45, 2.75) is 39.2 Å². The summed E-state index contributed by atoms with van der Waals surface area (Å²) in [6, 6.07) is 0.367. The highest BCUT2D eigenvalue weighted by atomic mass is 32.1. The van der Waals surface area contributed by atoms with Crippen LogP contribution in [0.4, 0.5) is 0 Å². The van der Waals surface area contributed by atoms with Crippen molar-refractivity contribution in [3.05, 3.63) is 22.5 Å². The van der Waals surface area contributed by atoms with Gasteiger partial charge in [0.1, 0.15) is 5.69 Å². The molecule has 90 valence electrons. The fraction of sp³-hybridized carbons (Fsp3) is 0.500. The van der Waals surface area contributed by atoms with Crippen molar-refractivity contribution in [3.8, 4) is 0 Å². The number of aromatic nitrogens is 2. The Bertz CT molecular complexity index is 580. The van der Waals surface area contributed by atoms with Gasteiger partial charge < -0.3 is 5.32 Å². The molecule has 1 aliphatic carbocycles. The smallest absolute Gasteiger partial charge is 0.270 e. The largest absolute Gasteiger partial charge is 0.348 e. The summed E-state index contributed by atoms with van der Waals surface area (Å²) in [5.41, 5.74) is 2.59. The molecule has 3 rings (SSSR count). The lowest BCUT2D eigenvalue weighted by Gasteiger charge is -2.26. The predicted octanol–water partition coefficient (Wildman–Crippen LogP) is 2.29. The Morgan fingerprint density at radius 2 is 2.29 bits per heavy atom. The first-order chi connectivity index (χ1) is 8.16. The highest BCUT2D eigenvalue weighted by molar-refractivity contribution is 7.15. The number of rotatable bonds is 2. The summed E-state index contributed by atoms with van der Waals surface area (Å²) in [6.45, 7) is 3.90. The fourth-order valence-corrected chi connectivity index (χ4v) is 3.08. The zero-order valence-corrected chi connectivity index (χ0v) is 10.8. The third-order valence-electron chi connectivity index (χ3n) is 3.36. The predicted molar refractivity (Wildman–Crippen MR) is 67.6 cm³/mol. The van der Waals surface area contributed by atoms with Crippen LogP contribution in [-0.4, -0.2) is 21.3 Å². The maximum atomic E-state index is 12.2. The Morgan fingerprint density at radius 1 is 1.53 bits per heavy atom. The third kappa shape index (κ3) is 1.65. The van der Waals surface area contributed by atoms with Gasteiger partial charge in [-0.15, -0.1) is 11.3 Å².